The molecule has 1 aliphatic carbocycles. The van der Waals surface area contributed by atoms with Crippen LogP contribution in [0.5, 0.6) is 0 Å². The minimum absolute atomic E-state index is 0.0919. The zero-order valence-electron chi connectivity index (χ0n) is 15.6. The van der Waals surface area contributed by atoms with Crippen LogP contribution in [-0.2, 0) is 21.0 Å². The maximum absolute atomic E-state index is 12.6. The minimum atomic E-state index is -0.509. The Morgan fingerprint density at radius 3 is 2.58 bits per heavy atom. The Morgan fingerprint density at radius 1 is 1.27 bits per heavy atom. The standard InChI is InChI=1S/C21H27NO4/c1-3-6-17(22-25-14-16-9-7-15(2)8-10-16)19-18(23)13-21(26-20(19)24)11-4-5-12-21/h7-10,23H,3-6,11-14H2,1-2H3. The van der Waals surface area contributed by atoms with E-state index >= 15 is 0 Å². The zero-order valence-corrected chi connectivity index (χ0v) is 15.6. The fraction of sp³-hybridized carbons (Fsp3) is 0.524. The first kappa shape index (κ1) is 18.5. The van der Waals surface area contributed by atoms with Gasteiger partial charge in [-0.05, 0) is 44.6 Å². The van der Waals surface area contributed by atoms with Gasteiger partial charge in [0.15, 0.2) is 0 Å². The Balaban J connectivity index is 1.75. The summed E-state index contributed by atoms with van der Waals surface area (Å²) in [5.41, 5.74) is 2.34. The lowest BCUT2D eigenvalue weighted by Gasteiger charge is -2.33. The first-order valence-electron chi connectivity index (χ1n) is 9.43. The second-order valence-electron chi connectivity index (χ2n) is 7.33. The van der Waals surface area contributed by atoms with E-state index < -0.39 is 11.6 Å². The van der Waals surface area contributed by atoms with Crippen LogP contribution in [0, 0.1) is 6.92 Å². The number of oxime groups is 1. The first-order chi connectivity index (χ1) is 12.5. The summed E-state index contributed by atoms with van der Waals surface area (Å²) in [4.78, 5) is 18.1. The van der Waals surface area contributed by atoms with Crippen LogP contribution in [0.25, 0.3) is 0 Å². The predicted molar refractivity (Wildman–Crippen MR) is 99.9 cm³/mol. The van der Waals surface area contributed by atoms with Crippen molar-refractivity contribution >= 4 is 11.7 Å². The molecule has 1 saturated carbocycles. The third-order valence-corrected chi connectivity index (χ3v) is 5.11. The van der Waals surface area contributed by atoms with Gasteiger partial charge in [-0.2, -0.15) is 0 Å². The molecule has 3 rings (SSSR count). The van der Waals surface area contributed by atoms with Crippen molar-refractivity contribution in [3.05, 3.63) is 46.7 Å². The van der Waals surface area contributed by atoms with Crippen molar-refractivity contribution < 1.29 is 19.5 Å². The summed E-state index contributed by atoms with van der Waals surface area (Å²) in [5, 5.41) is 14.7. The van der Waals surface area contributed by atoms with Gasteiger partial charge in [-0.25, -0.2) is 4.79 Å². The molecule has 0 amide bonds. The molecule has 1 aromatic carbocycles. The van der Waals surface area contributed by atoms with Crippen LogP contribution < -0.4 is 0 Å². The molecule has 0 atom stereocenters. The molecule has 0 aromatic heterocycles. The Kier molecular flexibility index (Phi) is 5.64. The van der Waals surface area contributed by atoms with Crippen molar-refractivity contribution in [1.82, 2.24) is 0 Å². The SMILES string of the molecule is CCCC(=NOCc1ccc(C)cc1)C1=C(O)CC2(CCCC2)OC1=O. The van der Waals surface area contributed by atoms with E-state index in [4.69, 9.17) is 9.57 Å². The molecule has 5 nitrogen and oxygen atoms in total. The van der Waals surface area contributed by atoms with Gasteiger partial charge in [0.1, 0.15) is 23.5 Å². The number of esters is 1. The molecule has 26 heavy (non-hydrogen) atoms. The average Bonchev–Trinajstić information content (AvgIpc) is 3.03. The second-order valence-corrected chi connectivity index (χ2v) is 7.33. The van der Waals surface area contributed by atoms with Crippen LogP contribution in [0.3, 0.4) is 0 Å². The molecule has 1 fully saturated rings. The fourth-order valence-corrected chi connectivity index (χ4v) is 3.70. The molecule has 2 aliphatic rings. The molecule has 1 heterocycles. The molecule has 1 spiro atoms. The van der Waals surface area contributed by atoms with Crippen molar-refractivity contribution in [2.24, 2.45) is 5.16 Å². The first-order valence-corrected chi connectivity index (χ1v) is 9.43. The van der Waals surface area contributed by atoms with E-state index in [0.29, 0.717) is 25.2 Å². The lowest BCUT2D eigenvalue weighted by Crippen LogP contribution is -2.39. The van der Waals surface area contributed by atoms with E-state index in [1.165, 1.54) is 5.56 Å². The molecule has 1 aliphatic heterocycles. The van der Waals surface area contributed by atoms with Gasteiger partial charge in [0, 0.05) is 6.42 Å². The lowest BCUT2D eigenvalue weighted by molar-refractivity contribution is -0.157. The summed E-state index contributed by atoms with van der Waals surface area (Å²) < 4.78 is 5.73. The Bertz CT molecular complexity index is 712. The van der Waals surface area contributed by atoms with Crippen LogP contribution in [0.2, 0.25) is 0 Å². The molecule has 0 saturated heterocycles. The third kappa shape index (κ3) is 4.09. The highest BCUT2D eigenvalue weighted by molar-refractivity contribution is 6.20. The van der Waals surface area contributed by atoms with Crippen molar-refractivity contribution in [2.45, 2.75) is 71.0 Å². The molecular formula is C21H27NO4. The van der Waals surface area contributed by atoms with Crippen LogP contribution in [-0.4, -0.2) is 22.4 Å². The monoisotopic (exact) mass is 357 g/mol. The summed E-state index contributed by atoms with van der Waals surface area (Å²) >= 11 is 0. The number of hydrogen-bond acceptors (Lipinski definition) is 5. The van der Waals surface area contributed by atoms with Gasteiger partial charge in [0.2, 0.25) is 0 Å². The summed E-state index contributed by atoms with van der Waals surface area (Å²) in [6.07, 6.45) is 5.43. The van der Waals surface area contributed by atoms with Crippen LogP contribution in [0.1, 0.15) is 63.0 Å². The smallest absolute Gasteiger partial charge is 0.344 e. The van der Waals surface area contributed by atoms with Gasteiger partial charge in [0.05, 0.1) is 5.71 Å². The fourth-order valence-electron chi connectivity index (χ4n) is 3.70. The van der Waals surface area contributed by atoms with E-state index in [9.17, 15) is 9.90 Å². The minimum Gasteiger partial charge on any atom is -0.511 e. The largest absolute Gasteiger partial charge is 0.511 e. The predicted octanol–water partition coefficient (Wildman–Crippen LogP) is 4.74. The van der Waals surface area contributed by atoms with Crippen LogP contribution >= 0.6 is 0 Å². The van der Waals surface area contributed by atoms with Crippen molar-refractivity contribution in [3.8, 4) is 0 Å². The highest BCUT2D eigenvalue weighted by Gasteiger charge is 2.44. The van der Waals surface area contributed by atoms with Gasteiger partial charge in [-0.3, -0.25) is 0 Å². The van der Waals surface area contributed by atoms with E-state index in [-0.39, 0.29) is 11.3 Å². The molecule has 5 heteroatoms. The Labute approximate surface area is 154 Å². The van der Waals surface area contributed by atoms with E-state index in [1.54, 1.807) is 0 Å². The van der Waals surface area contributed by atoms with Crippen LogP contribution in [0.4, 0.5) is 0 Å². The number of rotatable bonds is 6. The van der Waals surface area contributed by atoms with E-state index in [0.717, 1.165) is 37.7 Å². The van der Waals surface area contributed by atoms with Gasteiger partial charge in [0.25, 0.3) is 0 Å². The second kappa shape index (κ2) is 7.94. The number of benzene rings is 1. The Hall–Kier alpha value is -2.30. The highest BCUT2D eigenvalue weighted by Crippen LogP contribution is 2.42. The number of aliphatic hydroxyl groups excluding tert-OH is 1. The lowest BCUT2D eigenvalue weighted by atomic mass is 9.90. The molecule has 1 aromatic rings. The number of carbonyl (C=O) groups excluding carboxylic acids is 1. The summed E-state index contributed by atoms with van der Waals surface area (Å²) in [6, 6.07) is 8.01. The summed E-state index contributed by atoms with van der Waals surface area (Å²) in [7, 11) is 0. The van der Waals surface area contributed by atoms with Crippen molar-refractivity contribution in [1.29, 1.82) is 0 Å². The number of nitrogens with zero attached hydrogens (tertiary/aromatic N) is 1. The van der Waals surface area contributed by atoms with E-state index in [1.807, 2.05) is 38.1 Å². The van der Waals surface area contributed by atoms with Gasteiger partial charge < -0.3 is 14.7 Å². The zero-order chi connectivity index (χ0) is 18.6. The molecule has 1 N–H and O–H groups in total. The molecule has 0 unspecified atom stereocenters. The van der Waals surface area contributed by atoms with Gasteiger partial charge >= 0.3 is 5.97 Å². The van der Waals surface area contributed by atoms with Crippen molar-refractivity contribution in [3.63, 3.8) is 0 Å². The Morgan fingerprint density at radius 2 is 1.96 bits per heavy atom. The maximum atomic E-state index is 12.6. The molecular weight excluding hydrogens is 330 g/mol. The number of carbonyl (C=O) groups is 1. The summed E-state index contributed by atoms with van der Waals surface area (Å²) in [6.45, 7) is 4.35. The van der Waals surface area contributed by atoms with Gasteiger partial charge in [-0.15, -0.1) is 0 Å². The number of ether oxygens (including phenoxy) is 1. The summed E-state index contributed by atoms with van der Waals surface area (Å²) in [5.74, 6) is -0.379. The topological polar surface area (TPSA) is 68.1 Å². The normalized spacial score (nSPS) is 19.8. The third-order valence-electron chi connectivity index (χ3n) is 5.11. The highest BCUT2D eigenvalue weighted by atomic mass is 16.6. The van der Waals surface area contributed by atoms with Gasteiger partial charge in [-0.1, -0.05) is 48.3 Å². The van der Waals surface area contributed by atoms with Crippen LogP contribution in [0.15, 0.2) is 40.8 Å². The number of hydrogen-bond donors (Lipinski definition) is 1. The molecule has 0 radical (unpaired) electrons. The molecule has 140 valence electrons. The van der Waals surface area contributed by atoms with Crippen molar-refractivity contribution in [2.75, 3.05) is 0 Å². The maximum Gasteiger partial charge on any atom is 0.344 e. The quantitative estimate of drug-likeness (QED) is 0.454. The average molecular weight is 357 g/mol. The number of aryl methyl sites for hydroxylation is 1. The van der Waals surface area contributed by atoms with E-state index in [2.05, 4.69) is 5.16 Å². The number of aliphatic hydroxyl groups is 1. The molecule has 0 bridgehead atoms.